The van der Waals surface area contributed by atoms with Crippen LogP contribution in [-0.2, 0) is 11.6 Å². The van der Waals surface area contributed by atoms with Gasteiger partial charge in [-0.3, -0.25) is 0 Å². The predicted octanol–water partition coefficient (Wildman–Crippen LogP) is 0.206. The van der Waals surface area contributed by atoms with Gasteiger partial charge in [0.15, 0.2) is 0 Å². The summed E-state index contributed by atoms with van der Waals surface area (Å²) in [5, 5.41) is 3.93. The van der Waals surface area contributed by atoms with E-state index in [9.17, 15) is 4.57 Å². The van der Waals surface area contributed by atoms with Crippen molar-refractivity contribution < 1.29 is 4.57 Å². The maximum atomic E-state index is 10.8. The topological polar surface area (TPSA) is 47.8 Å². The van der Waals surface area contributed by atoms with Crippen molar-refractivity contribution in [1.82, 2.24) is 14.8 Å². The highest BCUT2D eigenvalue weighted by molar-refractivity contribution is 7.51. The molecule has 5 heteroatoms. The van der Waals surface area contributed by atoms with E-state index in [1.807, 2.05) is 6.92 Å². The van der Waals surface area contributed by atoms with Crippen molar-refractivity contribution in [3.05, 3.63) is 5.82 Å². The Morgan fingerprint density at radius 3 is 2.40 bits per heavy atom. The smallest absolute Gasteiger partial charge is 0.249 e. The summed E-state index contributed by atoms with van der Waals surface area (Å²) in [4.78, 5) is 3.98. The molecule has 0 aliphatic heterocycles. The molecule has 1 heterocycles. The lowest BCUT2D eigenvalue weighted by atomic mass is 10.7. The molecule has 1 aromatic rings. The second kappa shape index (κ2) is 2.46. The maximum Gasteiger partial charge on any atom is 0.416 e. The van der Waals surface area contributed by atoms with E-state index in [-0.39, 0.29) is 0 Å². The van der Waals surface area contributed by atoms with Gasteiger partial charge in [0.25, 0.3) is 0 Å². The second-order valence-electron chi connectivity index (χ2n) is 2.08. The molecule has 0 saturated heterocycles. The average Bonchev–Trinajstić information content (AvgIpc) is 2.13. The molecule has 0 aromatic carbocycles. The molecule has 1 unspecified atom stereocenters. The summed E-state index contributed by atoms with van der Waals surface area (Å²) in [5.74, 6) is 0.792. The minimum absolute atomic E-state index is 0.440. The van der Waals surface area contributed by atoms with E-state index in [1.54, 1.807) is 18.4 Å². The van der Waals surface area contributed by atoms with Crippen LogP contribution in [0.15, 0.2) is 0 Å². The van der Waals surface area contributed by atoms with Crippen LogP contribution in [0.3, 0.4) is 0 Å². The summed E-state index contributed by atoms with van der Waals surface area (Å²) in [5.41, 5.74) is 0.440. The highest BCUT2D eigenvalue weighted by Crippen LogP contribution is 2.08. The number of nitrogens with zero attached hydrogens (tertiary/aromatic N) is 3. The van der Waals surface area contributed by atoms with E-state index in [0.29, 0.717) is 5.57 Å². The molecular weight excluding hydrogens is 149 g/mol. The van der Waals surface area contributed by atoms with Gasteiger partial charge in [0, 0.05) is 7.05 Å². The predicted molar refractivity (Wildman–Crippen MR) is 38.9 cm³/mol. The molecular formula is C5H9N3OP+. The third kappa shape index (κ3) is 1.21. The molecule has 0 fully saturated rings. The number of aryl methyl sites for hydroxylation is 2. The Balaban J connectivity index is 3.10. The fraction of sp³-hybridized carbons (Fsp3) is 0.600. The molecule has 54 valence electrons. The molecule has 1 aromatic heterocycles. The highest BCUT2D eigenvalue weighted by Gasteiger charge is 2.18. The zero-order valence-corrected chi connectivity index (χ0v) is 7.09. The summed E-state index contributed by atoms with van der Waals surface area (Å²) >= 11 is 0. The third-order valence-corrected chi connectivity index (χ3v) is 2.00. The van der Waals surface area contributed by atoms with Crippen molar-refractivity contribution in [3.8, 4) is 0 Å². The zero-order valence-electron chi connectivity index (χ0n) is 6.20. The Hall–Kier alpha value is -0.760. The van der Waals surface area contributed by atoms with E-state index in [1.165, 1.54) is 0 Å². The fourth-order valence-corrected chi connectivity index (χ4v) is 1.13. The molecule has 1 rings (SSSR count). The Morgan fingerprint density at radius 2 is 2.20 bits per heavy atom. The molecule has 0 N–H and O–H groups in total. The van der Waals surface area contributed by atoms with Gasteiger partial charge in [-0.2, -0.15) is 4.98 Å². The van der Waals surface area contributed by atoms with E-state index < -0.39 is 7.80 Å². The molecule has 0 radical (unpaired) electrons. The van der Waals surface area contributed by atoms with Crippen LogP contribution < -0.4 is 5.57 Å². The molecule has 0 bridgehead atoms. The summed E-state index contributed by atoms with van der Waals surface area (Å²) < 4.78 is 12.4. The first-order valence-electron chi connectivity index (χ1n) is 2.90. The molecule has 0 aliphatic carbocycles. The van der Waals surface area contributed by atoms with E-state index in [2.05, 4.69) is 10.1 Å². The highest BCUT2D eigenvalue weighted by atomic mass is 31.1. The number of hydrogen-bond acceptors (Lipinski definition) is 3. The standard InChI is InChI=1S/C5H9N3OP/c1-4-6-5(10(3)9)7-8(4)2/h1-3H3/q+1. The normalized spacial score (nSPS) is 11.7. The Labute approximate surface area is 60.1 Å². The van der Waals surface area contributed by atoms with Gasteiger partial charge in [-0.15, -0.1) is 5.10 Å². The van der Waals surface area contributed by atoms with Crippen molar-refractivity contribution in [2.45, 2.75) is 6.92 Å². The largest absolute Gasteiger partial charge is 0.416 e. The van der Waals surface area contributed by atoms with Gasteiger partial charge in [-0.05, 0) is 6.92 Å². The zero-order chi connectivity index (χ0) is 7.72. The SMILES string of the molecule is Cc1nc([P+](C)=O)nn1C. The first-order chi connectivity index (χ1) is 4.61. The van der Waals surface area contributed by atoms with E-state index >= 15 is 0 Å². The van der Waals surface area contributed by atoms with Crippen molar-refractivity contribution in [1.29, 1.82) is 0 Å². The third-order valence-electron chi connectivity index (χ3n) is 1.25. The summed E-state index contributed by atoms with van der Waals surface area (Å²) in [7, 11) is 0.398. The Morgan fingerprint density at radius 1 is 1.60 bits per heavy atom. The van der Waals surface area contributed by atoms with Gasteiger partial charge in [-0.25, -0.2) is 4.68 Å². The van der Waals surface area contributed by atoms with Gasteiger partial charge in [0.05, 0.1) is 0 Å². The van der Waals surface area contributed by atoms with Crippen molar-refractivity contribution >= 4 is 13.4 Å². The molecule has 0 amide bonds. The number of aromatic nitrogens is 3. The monoisotopic (exact) mass is 158 g/mol. The van der Waals surface area contributed by atoms with Crippen LogP contribution in [-0.4, -0.2) is 21.4 Å². The molecule has 1 atom stereocenters. The van der Waals surface area contributed by atoms with Gasteiger partial charge in [-0.1, -0.05) is 4.57 Å². The molecule has 10 heavy (non-hydrogen) atoms. The van der Waals surface area contributed by atoms with Crippen molar-refractivity contribution in [2.75, 3.05) is 6.66 Å². The van der Waals surface area contributed by atoms with Crippen LogP contribution in [0.4, 0.5) is 0 Å². The van der Waals surface area contributed by atoms with Gasteiger partial charge in [0.2, 0.25) is 0 Å². The molecule has 0 saturated carbocycles. The lowest BCUT2D eigenvalue weighted by Gasteiger charge is -1.83. The fourth-order valence-electron chi connectivity index (χ4n) is 0.579. The average molecular weight is 158 g/mol. The first-order valence-corrected chi connectivity index (χ1v) is 4.60. The first kappa shape index (κ1) is 7.35. The van der Waals surface area contributed by atoms with Crippen LogP contribution in [0.5, 0.6) is 0 Å². The quantitative estimate of drug-likeness (QED) is 0.549. The lowest BCUT2D eigenvalue weighted by molar-refractivity contribution is 0.595. The Bertz CT molecular complexity index is 248. The van der Waals surface area contributed by atoms with E-state index in [0.717, 1.165) is 5.82 Å². The minimum atomic E-state index is -1.38. The lowest BCUT2D eigenvalue weighted by Crippen LogP contribution is -2.02. The van der Waals surface area contributed by atoms with Gasteiger partial charge >= 0.3 is 13.4 Å². The van der Waals surface area contributed by atoms with Gasteiger partial charge in [0.1, 0.15) is 12.5 Å². The van der Waals surface area contributed by atoms with Crippen molar-refractivity contribution in [2.24, 2.45) is 7.05 Å². The molecule has 0 aliphatic rings. The summed E-state index contributed by atoms with van der Waals surface area (Å²) in [6.07, 6.45) is 0. The van der Waals surface area contributed by atoms with Crippen LogP contribution in [0.1, 0.15) is 5.82 Å². The summed E-state index contributed by atoms with van der Waals surface area (Å²) in [6, 6.07) is 0. The van der Waals surface area contributed by atoms with Crippen molar-refractivity contribution in [3.63, 3.8) is 0 Å². The van der Waals surface area contributed by atoms with Crippen LogP contribution >= 0.6 is 7.80 Å². The second-order valence-corrected chi connectivity index (χ2v) is 3.48. The van der Waals surface area contributed by atoms with Crippen LogP contribution in [0.25, 0.3) is 0 Å². The number of hydrogen-bond donors (Lipinski definition) is 0. The van der Waals surface area contributed by atoms with Crippen LogP contribution in [0.2, 0.25) is 0 Å². The summed E-state index contributed by atoms with van der Waals surface area (Å²) in [6.45, 7) is 3.43. The maximum absolute atomic E-state index is 10.8. The molecule has 0 spiro atoms. The van der Waals surface area contributed by atoms with Crippen LogP contribution in [0, 0.1) is 6.92 Å². The molecule has 4 nitrogen and oxygen atoms in total. The van der Waals surface area contributed by atoms with E-state index in [4.69, 9.17) is 0 Å². The van der Waals surface area contributed by atoms with Gasteiger partial charge < -0.3 is 0 Å². The number of rotatable bonds is 1. The Kier molecular flexibility index (Phi) is 1.81. The minimum Gasteiger partial charge on any atom is -0.249 e.